The summed E-state index contributed by atoms with van der Waals surface area (Å²) in [7, 11) is 0. The van der Waals surface area contributed by atoms with E-state index in [-0.39, 0.29) is 0 Å². The number of aromatic nitrogens is 1. The monoisotopic (exact) mass is 413 g/mol. The first-order valence-electron chi connectivity index (χ1n) is 10.6. The van der Waals surface area contributed by atoms with Gasteiger partial charge in [0, 0.05) is 36.3 Å². The first-order chi connectivity index (χ1) is 15.3. The average Bonchev–Trinajstić information content (AvgIpc) is 3.34. The molecule has 0 spiro atoms. The summed E-state index contributed by atoms with van der Waals surface area (Å²) in [6, 6.07) is 35.4. The van der Waals surface area contributed by atoms with Gasteiger partial charge >= 0.3 is 0 Å². The molecule has 0 unspecified atom stereocenters. The first-order valence-corrected chi connectivity index (χ1v) is 11.4. The molecule has 2 heteroatoms. The van der Waals surface area contributed by atoms with Gasteiger partial charge in [0.15, 0.2) is 0 Å². The van der Waals surface area contributed by atoms with Crippen molar-refractivity contribution in [1.29, 1.82) is 0 Å². The SMILES string of the molecule is Cc1cc2sc3ccccc3c2c2c1c1ccccc1n2-c1cccc2ccccc12. The highest BCUT2D eigenvalue weighted by atomic mass is 32.1. The van der Waals surface area contributed by atoms with E-state index < -0.39 is 0 Å². The Labute approximate surface area is 183 Å². The van der Waals surface area contributed by atoms with Crippen molar-refractivity contribution in [2.45, 2.75) is 6.92 Å². The molecule has 0 radical (unpaired) electrons. The molecule has 1 nitrogen and oxygen atoms in total. The summed E-state index contributed by atoms with van der Waals surface area (Å²) in [5, 5.41) is 7.94. The van der Waals surface area contributed by atoms with E-state index in [4.69, 9.17) is 0 Å². The van der Waals surface area contributed by atoms with Crippen LogP contribution in [0.1, 0.15) is 5.56 Å². The van der Waals surface area contributed by atoms with Crippen molar-refractivity contribution in [2.75, 3.05) is 0 Å². The number of fused-ring (bicyclic) bond motifs is 8. The lowest BCUT2D eigenvalue weighted by molar-refractivity contribution is 1.20. The van der Waals surface area contributed by atoms with Gasteiger partial charge in [-0.3, -0.25) is 0 Å². The summed E-state index contributed by atoms with van der Waals surface area (Å²) in [5.74, 6) is 0. The zero-order chi connectivity index (χ0) is 20.5. The lowest BCUT2D eigenvalue weighted by atomic mass is 10.0. The Morgan fingerprint density at radius 2 is 1.32 bits per heavy atom. The zero-order valence-corrected chi connectivity index (χ0v) is 17.9. The number of hydrogen-bond acceptors (Lipinski definition) is 1. The topological polar surface area (TPSA) is 4.93 Å². The van der Waals surface area contributed by atoms with Gasteiger partial charge in [0.05, 0.1) is 16.7 Å². The maximum Gasteiger partial charge on any atom is 0.0637 e. The van der Waals surface area contributed by atoms with Crippen LogP contribution in [0.15, 0.2) is 97.1 Å². The van der Waals surface area contributed by atoms with Crippen LogP contribution in [-0.2, 0) is 0 Å². The lowest BCUT2D eigenvalue weighted by Gasteiger charge is -2.12. The molecule has 0 fully saturated rings. The minimum atomic E-state index is 1.24. The summed E-state index contributed by atoms with van der Waals surface area (Å²) in [6.07, 6.45) is 0. The zero-order valence-electron chi connectivity index (χ0n) is 17.1. The Kier molecular flexibility index (Phi) is 3.42. The highest BCUT2D eigenvalue weighted by Crippen LogP contribution is 2.45. The molecule has 0 aliphatic carbocycles. The van der Waals surface area contributed by atoms with Crippen molar-refractivity contribution in [1.82, 2.24) is 4.57 Å². The van der Waals surface area contributed by atoms with Crippen molar-refractivity contribution in [3.8, 4) is 5.69 Å². The third-order valence-electron chi connectivity index (χ3n) is 6.48. The van der Waals surface area contributed by atoms with Crippen LogP contribution < -0.4 is 0 Å². The van der Waals surface area contributed by atoms with E-state index in [2.05, 4.69) is 109 Å². The van der Waals surface area contributed by atoms with Crippen LogP contribution in [-0.4, -0.2) is 4.57 Å². The van der Waals surface area contributed by atoms with Crippen LogP contribution in [0.4, 0.5) is 0 Å². The summed E-state index contributed by atoms with van der Waals surface area (Å²) in [6.45, 7) is 2.26. The number of thiophene rings is 1. The van der Waals surface area contributed by atoms with Crippen molar-refractivity contribution in [3.05, 3.63) is 103 Å². The van der Waals surface area contributed by atoms with Crippen LogP contribution in [0, 0.1) is 6.92 Å². The van der Waals surface area contributed by atoms with Gasteiger partial charge in [-0.1, -0.05) is 72.8 Å². The van der Waals surface area contributed by atoms with Crippen molar-refractivity contribution >= 4 is 64.1 Å². The van der Waals surface area contributed by atoms with E-state index in [0.29, 0.717) is 0 Å². The van der Waals surface area contributed by atoms with E-state index in [1.165, 1.54) is 64.0 Å². The van der Waals surface area contributed by atoms with Crippen molar-refractivity contribution < 1.29 is 0 Å². The predicted molar refractivity (Wildman–Crippen MR) is 136 cm³/mol. The highest BCUT2D eigenvalue weighted by Gasteiger charge is 2.20. The highest BCUT2D eigenvalue weighted by molar-refractivity contribution is 7.26. The summed E-state index contributed by atoms with van der Waals surface area (Å²) < 4.78 is 5.20. The minimum Gasteiger partial charge on any atom is -0.308 e. The summed E-state index contributed by atoms with van der Waals surface area (Å²) >= 11 is 1.89. The van der Waals surface area contributed by atoms with E-state index in [1.54, 1.807) is 0 Å². The fraction of sp³-hybridized carbons (Fsp3) is 0.0345. The number of benzene rings is 5. The molecule has 7 aromatic rings. The third-order valence-corrected chi connectivity index (χ3v) is 7.60. The minimum absolute atomic E-state index is 1.24. The quantitative estimate of drug-likeness (QED) is 0.254. The van der Waals surface area contributed by atoms with Crippen LogP contribution in [0.5, 0.6) is 0 Å². The molecule has 0 saturated heterocycles. The molecule has 0 aliphatic rings. The van der Waals surface area contributed by atoms with Gasteiger partial charge in [-0.05, 0) is 42.1 Å². The molecule has 2 aromatic heterocycles. The van der Waals surface area contributed by atoms with Crippen LogP contribution in [0.25, 0.3) is 58.4 Å². The molecule has 5 aromatic carbocycles. The van der Waals surface area contributed by atoms with E-state index in [9.17, 15) is 0 Å². The predicted octanol–water partition coefficient (Wildman–Crippen LogP) is 8.61. The smallest absolute Gasteiger partial charge is 0.0637 e. The van der Waals surface area contributed by atoms with Gasteiger partial charge in [0.1, 0.15) is 0 Å². The molecule has 31 heavy (non-hydrogen) atoms. The summed E-state index contributed by atoms with van der Waals surface area (Å²) in [5.41, 5.74) is 5.17. The molecule has 0 atom stereocenters. The van der Waals surface area contributed by atoms with E-state index in [0.717, 1.165) is 0 Å². The second-order valence-corrected chi connectivity index (χ2v) is 9.32. The molecule has 7 rings (SSSR count). The molecule has 2 heterocycles. The number of para-hydroxylation sites is 1. The molecule has 146 valence electrons. The maximum absolute atomic E-state index is 2.50. The standard InChI is InChI=1S/C29H19NS/c1-18-17-26-28(22-13-5-7-16-25(22)31-26)29-27(18)21-12-4-6-14-24(21)30(29)23-15-8-10-19-9-2-3-11-20(19)23/h2-17H,1H3. The maximum atomic E-state index is 2.50. The molecule has 0 saturated carbocycles. The molecular weight excluding hydrogens is 394 g/mol. The van der Waals surface area contributed by atoms with Gasteiger partial charge in [0.2, 0.25) is 0 Å². The number of nitrogens with zero attached hydrogens (tertiary/aromatic N) is 1. The fourth-order valence-corrected chi connectivity index (χ4v) is 6.42. The number of aryl methyl sites for hydroxylation is 1. The normalized spacial score (nSPS) is 12.0. The Hall–Kier alpha value is -3.62. The van der Waals surface area contributed by atoms with Gasteiger partial charge in [-0.2, -0.15) is 0 Å². The van der Waals surface area contributed by atoms with Crippen LogP contribution in [0.3, 0.4) is 0 Å². The van der Waals surface area contributed by atoms with Crippen LogP contribution in [0.2, 0.25) is 0 Å². The first kappa shape index (κ1) is 17.1. The van der Waals surface area contributed by atoms with E-state index in [1.807, 2.05) is 11.3 Å². The van der Waals surface area contributed by atoms with Gasteiger partial charge in [-0.25, -0.2) is 0 Å². The molecule has 0 aliphatic heterocycles. The van der Waals surface area contributed by atoms with Crippen molar-refractivity contribution in [2.24, 2.45) is 0 Å². The summed E-state index contributed by atoms with van der Waals surface area (Å²) in [4.78, 5) is 0. The van der Waals surface area contributed by atoms with Gasteiger partial charge in [0.25, 0.3) is 0 Å². The number of hydrogen-bond donors (Lipinski definition) is 0. The third kappa shape index (κ3) is 2.26. The van der Waals surface area contributed by atoms with Gasteiger partial charge < -0.3 is 4.57 Å². The van der Waals surface area contributed by atoms with Crippen molar-refractivity contribution in [3.63, 3.8) is 0 Å². The second kappa shape index (κ2) is 6.19. The molecule has 0 amide bonds. The molecule has 0 bridgehead atoms. The second-order valence-electron chi connectivity index (χ2n) is 8.24. The largest absolute Gasteiger partial charge is 0.308 e. The Morgan fingerprint density at radius 1 is 0.613 bits per heavy atom. The van der Waals surface area contributed by atoms with Crippen LogP contribution >= 0.6 is 11.3 Å². The fourth-order valence-electron chi connectivity index (χ4n) is 5.21. The Bertz CT molecular complexity index is 1790. The Morgan fingerprint density at radius 3 is 2.23 bits per heavy atom. The van der Waals surface area contributed by atoms with E-state index >= 15 is 0 Å². The molecule has 0 N–H and O–H groups in total. The van der Waals surface area contributed by atoms with Gasteiger partial charge in [-0.15, -0.1) is 11.3 Å². The molecular formula is C29H19NS. The number of rotatable bonds is 1. The lowest BCUT2D eigenvalue weighted by Crippen LogP contribution is -1.95. The Balaban J connectivity index is 1.83. The average molecular weight is 414 g/mol.